The average molecular weight is 2060 g/mol. The zero-order valence-corrected chi connectivity index (χ0v) is 81.4. The number of carbonyl (C=O) groups excluding carboxylic acids is 7. The molecule has 15 heterocycles. The summed E-state index contributed by atoms with van der Waals surface area (Å²) in [6, 6.07) is 27.3. The van der Waals surface area contributed by atoms with Crippen molar-refractivity contribution in [2.75, 3.05) is 187 Å². The van der Waals surface area contributed by atoms with Crippen LogP contribution in [-0.4, -0.2) is 230 Å². The first-order chi connectivity index (χ1) is 66.7. The van der Waals surface area contributed by atoms with Gasteiger partial charge in [-0.05, 0) is 253 Å². The summed E-state index contributed by atoms with van der Waals surface area (Å²) in [6.45, 7) is 17.2. The highest BCUT2D eigenvalue weighted by atomic mass is 79.9. The molecule has 0 radical (unpaired) electrons. The van der Waals surface area contributed by atoms with E-state index in [0.717, 1.165) is 213 Å². The topological polar surface area (TPSA) is 390 Å². The Kier molecular flexibility index (Phi) is 37.5. The van der Waals surface area contributed by atoms with Gasteiger partial charge in [-0.3, -0.25) is 33.6 Å². The molecular formula is C98H118Br2ClF5N20O12. The van der Waals surface area contributed by atoms with Crippen LogP contribution in [0.4, 0.5) is 74.3 Å². The number of carbonyl (C=O) groups is 7. The minimum absolute atomic E-state index is 0.0566. The molecule has 9 aromatic heterocycles. The first-order valence-corrected chi connectivity index (χ1v) is 49.2. The number of nitrogens with one attached hydrogen (secondary N) is 7. The van der Waals surface area contributed by atoms with Crippen LogP contribution in [-0.2, 0) is 47.8 Å². The second kappa shape index (κ2) is 50.3. The number of piperazine rings is 3. The lowest BCUT2D eigenvalue weighted by molar-refractivity contribution is -0.118. The molecule has 3 atom stereocenters. The van der Waals surface area contributed by atoms with Gasteiger partial charge in [0, 0.05) is 196 Å². The van der Waals surface area contributed by atoms with Gasteiger partial charge in [-0.2, -0.15) is 22.0 Å². The maximum Gasteiger partial charge on any atom is 0.229 e. The lowest BCUT2D eigenvalue weighted by Crippen LogP contribution is -2.45. The van der Waals surface area contributed by atoms with Gasteiger partial charge in [0.2, 0.25) is 70.4 Å². The Morgan fingerprint density at radius 3 is 0.920 bits per heavy atom. The van der Waals surface area contributed by atoms with Gasteiger partial charge < -0.3 is 90.5 Å². The number of pyridine rings is 7. The van der Waals surface area contributed by atoms with Crippen molar-refractivity contribution in [3.63, 3.8) is 0 Å². The van der Waals surface area contributed by atoms with E-state index in [1.54, 1.807) is 54.6 Å². The van der Waals surface area contributed by atoms with E-state index in [1.165, 1.54) is 67.5 Å². The summed E-state index contributed by atoms with van der Waals surface area (Å²) < 4.78 is 93.5. The largest absolute Gasteiger partial charge is 0.472 e. The number of aromatic nitrogens is 7. The van der Waals surface area contributed by atoms with Crippen molar-refractivity contribution >= 4 is 137 Å². The molecule has 9 N–H and O–H groups in total. The number of nitrogens with two attached hydrogens (primary N) is 1. The van der Waals surface area contributed by atoms with Crippen molar-refractivity contribution in [3.05, 3.63) is 177 Å². The molecule has 32 nitrogen and oxygen atoms in total. The van der Waals surface area contributed by atoms with Crippen LogP contribution >= 0.6 is 43.5 Å². The minimum atomic E-state index is -0.620. The number of halogens is 8. The molecule has 138 heavy (non-hydrogen) atoms. The Morgan fingerprint density at radius 2 is 0.652 bits per heavy atom. The normalized spacial score (nSPS) is 19.9. The molecule has 13 aliphatic rings. The Balaban J connectivity index is 0.000000127. The van der Waals surface area contributed by atoms with E-state index in [9.17, 15) is 55.5 Å². The first kappa shape index (κ1) is 103. The van der Waals surface area contributed by atoms with Crippen molar-refractivity contribution in [2.24, 2.45) is 41.4 Å². The van der Waals surface area contributed by atoms with E-state index in [1.807, 2.05) is 12.1 Å². The number of anilines is 9. The quantitative estimate of drug-likeness (QED) is 0.0200. The summed E-state index contributed by atoms with van der Waals surface area (Å²) in [7, 11) is 6.46. The number of hydrogen-bond acceptors (Lipinski definition) is 26. The zero-order chi connectivity index (χ0) is 97.3. The molecule has 13 fully saturated rings. The molecule has 6 amide bonds. The van der Waals surface area contributed by atoms with Crippen molar-refractivity contribution < 1.29 is 78.6 Å². The third kappa shape index (κ3) is 32.3. The molecule has 0 spiro atoms. The first-order valence-electron chi connectivity index (χ1n) is 47.2. The van der Waals surface area contributed by atoms with E-state index in [0.29, 0.717) is 79.3 Å². The van der Waals surface area contributed by atoms with Crippen LogP contribution in [0.15, 0.2) is 140 Å². The molecule has 7 saturated carbocycles. The van der Waals surface area contributed by atoms with Crippen LogP contribution in [0.1, 0.15) is 144 Å². The molecule has 6 aliphatic heterocycles. The van der Waals surface area contributed by atoms with Crippen LogP contribution in [0, 0.1) is 71.2 Å². The highest BCUT2D eigenvalue weighted by molar-refractivity contribution is 9.10. The standard InChI is InChI=1S/2C18H26N4O2.C13H15FN2O2.2C13H11FN2O2.C9H8BrFN2O.C5H4BrFN2.C5H12N2.C4H5ClO/c2*1-21-7-9-22(10-8-21)17-15(14-6-11-24-12-14)4-5-16(19-17)20-18(23)13-2-3-13;3*14-12-10(9-5-6-18-7-9)3-4-11(15-12)16-13(17)8-1-2-8;10-6-3-4-7(12-8(6)11)13-9(14)5-1-2-5;6-3-1-2-4(8)9-5(3)7;1-7-4-2-6-3-5-7;5-4(6)3-1-2-3/h2*4-5,13-14H,2-3,6-12H2,1H3,(H,19,20,23);3-4,8-9H,1-2,5-7H2,(H,15,16,17);2*3-8H,1-2H2,(H,15,16,17);3-5H,1-2H2,(H,12,13,14);1-2H,(H2,8,9);6H,2-5H2,1H3;3H,1-2H2. The maximum absolute atomic E-state index is 13.9. The average Bonchev–Trinajstić information content (AvgIpc) is 1.74. The molecule has 3 unspecified atom stereocenters. The van der Waals surface area contributed by atoms with Crippen LogP contribution in [0.5, 0.6) is 0 Å². The van der Waals surface area contributed by atoms with Gasteiger partial charge in [0.25, 0.3) is 0 Å². The van der Waals surface area contributed by atoms with Gasteiger partial charge in [-0.15, -0.1) is 0 Å². The smallest absolute Gasteiger partial charge is 0.229 e. The molecular weight excluding hydrogens is 1940 g/mol. The zero-order valence-electron chi connectivity index (χ0n) is 77.4. The molecule has 0 bridgehead atoms. The Labute approximate surface area is 819 Å². The van der Waals surface area contributed by atoms with E-state index >= 15 is 0 Å². The summed E-state index contributed by atoms with van der Waals surface area (Å²) in [4.78, 5) is 120. The number of amides is 6. The summed E-state index contributed by atoms with van der Waals surface area (Å²) in [5.41, 5.74) is 10.2. The van der Waals surface area contributed by atoms with E-state index in [-0.39, 0.29) is 111 Å². The maximum atomic E-state index is 13.9. The van der Waals surface area contributed by atoms with Crippen LogP contribution in [0.2, 0.25) is 0 Å². The van der Waals surface area contributed by atoms with Gasteiger partial charge >= 0.3 is 0 Å². The highest BCUT2D eigenvalue weighted by Crippen LogP contribution is 2.41. The summed E-state index contributed by atoms with van der Waals surface area (Å²) in [5, 5.41) is 19.5. The SMILES string of the molecule is CN1CCN(c2nc(NC(=O)C3CC3)ccc2C2CCOC2)CC1.CN1CCN(c2nc(NC(=O)C3CC3)ccc2C2CCOC2)CC1.CN1CCNCC1.Nc1ccc(Br)c(F)n1.O=C(Cl)C1CC1.O=C(Nc1ccc(-c2ccoc2)c(F)n1)C1CC1.O=C(Nc1ccc(-c2ccoc2)c(F)n1)C1CC1.O=C(Nc1ccc(Br)c(F)n1)C1CC1.O=C(Nc1ccc(C2CCOC2)c(F)n1)C1CC1. The van der Waals surface area contributed by atoms with Gasteiger partial charge in [0.1, 0.15) is 52.4 Å². The van der Waals surface area contributed by atoms with E-state index < -0.39 is 29.7 Å². The molecule has 40 heteroatoms. The molecule has 0 aromatic carbocycles. The third-order valence-corrected chi connectivity index (χ3v) is 26.3. The minimum Gasteiger partial charge on any atom is -0.472 e. The number of rotatable bonds is 20. The fourth-order valence-electron chi connectivity index (χ4n) is 15.1. The Hall–Kier alpha value is -10.9. The third-order valence-electron chi connectivity index (χ3n) is 24.8. The molecule has 6 saturated heterocycles. The fraction of sp³-hybridized carbons (Fsp3) is 0.490. The number of nitrogens with zero attached hydrogens (tertiary/aromatic N) is 12. The predicted octanol–water partition coefficient (Wildman–Crippen LogP) is 15.7. The number of furan rings is 2. The van der Waals surface area contributed by atoms with Crippen molar-refractivity contribution in [3.8, 4) is 22.3 Å². The van der Waals surface area contributed by atoms with E-state index in [2.05, 4.69) is 152 Å². The predicted molar refractivity (Wildman–Crippen MR) is 521 cm³/mol. The Morgan fingerprint density at radius 1 is 0.355 bits per heavy atom. The fourth-order valence-corrected chi connectivity index (χ4v) is 15.8. The summed E-state index contributed by atoms with van der Waals surface area (Å²) >= 11 is 11.0. The molecule has 738 valence electrons. The molecule has 7 aliphatic carbocycles. The van der Waals surface area contributed by atoms with Crippen molar-refractivity contribution in [1.29, 1.82) is 0 Å². The Bertz CT molecular complexity index is 5370. The second-order valence-electron chi connectivity index (χ2n) is 36.3. The summed E-state index contributed by atoms with van der Waals surface area (Å²) in [6.07, 6.45) is 22.1. The van der Waals surface area contributed by atoms with Crippen LogP contribution in [0.25, 0.3) is 22.3 Å². The van der Waals surface area contributed by atoms with Crippen molar-refractivity contribution in [1.82, 2.24) is 54.9 Å². The lowest BCUT2D eigenvalue weighted by atomic mass is 9.98. The van der Waals surface area contributed by atoms with E-state index in [4.69, 9.17) is 50.3 Å². The van der Waals surface area contributed by atoms with Crippen LogP contribution < -0.4 is 52.8 Å². The number of ether oxygens (including phenoxy) is 3. The number of hydrogen-bond donors (Lipinski definition) is 8. The summed E-state index contributed by atoms with van der Waals surface area (Å²) in [5.74, 6) is 3.57. The monoisotopic (exact) mass is 2050 g/mol. The van der Waals surface area contributed by atoms with Crippen LogP contribution in [0.3, 0.4) is 0 Å². The van der Waals surface area contributed by atoms with Crippen molar-refractivity contribution in [2.45, 2.75) is 127 Å². The molecule has 22 rings (SSSR count). The highest BCUT2D eigenvalue weighted by Gasteiger charge is 2.37. The van der Waals surface area contributed by atoms with Gasteiger partial charge in [-0.1, -0.05) is 18.2 Å². The van der Waals surface area contributed by atoms with Gasteiger partial charge in [0.05, 0.1) is 53.8 Å². The van der Waals surface area contributed by atoms with Gasteiger partial charge in [-0.25, -0.2) is 34.9 Å². The number of likely N-dealkylation sites (N-methyl/N-ethyl adjacent to an activating group) is 3. The lowest BCUT2D eigenvalue weighted by Gasteiger charge is -2.35. The second-order valence-corrected chi connectivity index (χ2v) is 38.4. The van der Waals surface area contributed by atoms with Gasteiger partial charge in [0.15, 0.2) is 0 Å². The molecule has 9 aromatic rings. The number of nitrogen functional groups attached to an aromatic ring is 1.